The molecule has 6 aromatic rings. The molecule has 0 radical (unpaired) electrons. The Bertz CT molecular complexity index is 2090. The highest BCUT2D eigenvalue weighted by atomic mass is 16.2. The zero-order chi connectivity index (χ0) is 33.0. The fraction of sp³-hybridized carbons (Fsp3) is 0.225. The van der Waals surface area contributed by atoms with Gasteiger partial charge in [0.05, 0.1) is 23.1 Å². The van der Waals surface area contributed by atoms with Crippen LogP contribution >= 0.6 is 0 Å². The molecule has 0 saturated heterocycles. The van der Waals surface area contributed by atoms with Gasteiger partial charge in [-0.05, 0) is 122 Å². The topological polar surface area (TPSA) is 117 Å². The first kappa shape index (κ1) is 31.0. The van der Waals surface area contributed by atoms with E-state index in [2.05, 4.69) is 80.8 Å². The first-order valence-electron chi connectivity index (χ1n) is 16.7. The van der Waals surface area contributed by atoms with E-state index in [1.54, 1.807) is 0 Å². The van der Waals surface area contributed by atoms with Gasteiger partial charge in [-0.1, -0.05) is 48.5 Å². The van der Waals surface area contributed by atoms with Crippen molar-refractivity contribution in [3.05, 3.63) is 131 Å². The first-order valence-corrected chi connectivity index (χ1v) is 16.7. The summed E-state index contributed by atoms with van der Waals surface area (Å²) in [6, 6.07) is 37.5. The van der Waals surface area contributed by atoms with E-state index in [9.17, 15) is 4.79 Å². The Morgan fingerprint density at radius 3 is 1.81 bits per heavy atom. The van der Waals surface area contributed by atoms with Crippen LogP contribution in [0.4, 0.5) is 27.8 Å². The summed E-state index contributed by atoms with van der Waals surface area (Å²) in [6.07, 6.45) is 4.46. The van der Waals surface area contributed by atoms with E-state index < -0.39 is 0 Å². The average molecular weight is 636 g/mol. The number of anilines is 4. The van der Waals surface area contributed by atoms with E-state index in [0.29, 0.717) is 12.1 Å². The molecule has 0 aliphatic heterocycles. The molecule has 2 amide bonds. The van der Waals surface area contributed by atoms with Crippen LogP contribution in [0.5, 0.6) is 0 Å². The molecule has 0 saturated carbocycles. The number of aromatic nitrogens is 2. The van der Waals surface area contributed by atoms with Gasteiger partial charge in [-0.2, -0.15) is 0 Å². The van der Waals surface area contributed by atoms with Crippen LogP contribution in [0.25, 0.3) is 21.8 Å². The Balaban J connectivity index is 0.000000156. The number of carbonyl (C=O) groups excluding carboxylic acids is 1. The number of fused-ring (bicyclic) bond motifs is 4. The number of hydrogen-bond acceptors (Lipinski definition) is 6. The third-order valence-corrected chi connectivity index (χ3v) is 8.99. The van der Waals surface area contributed by atoms with Crippen LogP contribution in [0.2, 0.25) is 0 Å². The van der Waals surface area contributed by atoms with E-state index in [4.69, 9.17) is 10.7 Å². The largest absolute Gasteiger partial charge is 0.399 e. The number of benzene rings is 4. The zero-order valence-corrected chi connectivity index (χ0v) is 27.3. The number of aryl methyl sites for hydroxylation is 2. The Morgan fingerprint density at radius 1 is 0.688 bits per heavy atom. The van der Waals surface area contributed by atoms with Gasteiger partial charge < -0.3 is 27.0 Å². The number of nitrogens with zero attached hydrogens (tertiary/aromatic N) is 2. The Morgan fingerprint density at radius 2 is 1.23 bits per heavy atom. The van der Waals surface area contributed by atoms with E-state index in [1.165, 1.54) is 22.3 Å². The molecule has 8 rings (SSSR count). The molecule has 48 heavy (non-hydrogen) atoms. The minimum Gasteiger partial charge on any atom is -0.399 e. The SMILES string of the molecule is CC(C)NC(=O)Nc1ccc2nc(N[C@@H]3CCc4ccccc43)ccc2c1.Nc1ccc2nc(N[C@@H]3CCc4ccccc43)ccc2c1. The van der Waals surface area contributed by atoms with Gasteiger partial charge in [0.2, 0.25) is 0 Å². The molecule has 2 aliphatic rings. The van der Waals surface area contributed by atoms with Crippen molar-refractivity contribution < 1.29 is 4.79 Å². The lowest BCUT2D eigenvalue weighted by atomic mass is 10.1. The summed E-state index contributed by atoms with van der Waals surface area (Å²) in [5.41, 5.74) is 14.9. The monoisotopic (exact) mass is 635 g/mol. The van der Waals surface area contributed by atoms with Crippen LogP contribution in [0, 0.1) is 0 Å². The van der Waals surface area contributed by atoms with Crippen LogP contribution < -0.4 is 27.0 Å². The summed E-state index contributed by atoms with van der Waals surface area (Å²) in [6.45, 7) is 3.86. The molecule has 0 bridgehead atoms. The maximum Gasteiger partial charge on any atom is 0.319 e. The van der Waals surface area contributed by atoms with Gasteiger partial charge in [0.25, 0.3) is 0 Å². The molecular weight excluding hydrogens is 594 g/mol. The van der Waals surface area contributed by atoms with E-state index in [0.717, 1.165) is 70.5 Å². The van der Waals surface area contributed by atoms with Gasteiger partial charge in [0, 0.05) is 28.2 Å². The second-order valence-corrected chi connectivity index (χ2v) is 12.9. The third-order valence-electron chi connectivity index (χ3n) is 8.99. The summed E-state index contributed by atoms with van der Waals surface area (Å²) in [4.78, 5) is 21.3. The second-order valence-electron chi connectivity index (χ2n) is 12.9. The standard InChI is InChI=1S/C22H24N4O.C18H17N3/c1-14(2)23-22(27)24-17-9-11-19-16(13-17)8-12-21(25-19)26-20-10-7-15-5-3-4-6-18(15)20;19-14-7-9-16-13(11-14)6-10-18(20-16)21-17-8-5-12-3-1-2-4-15(12)17/h3-6,8-9,11-14,20H,7,10H2,1-2H3,(H,25,26)(H2,23,24,27);1-4,6-7,9-11,17H,5,8,19H2,(H,20,21)/t20-;17-/m11/s1. The molecular formula is C40H41N7O. The average Bonchev–Trinajstić information content (AvgIpc) is 3.69. The first-order chi connectivity index (χ1) is 23.4. The molecule has 4 aromatic carbocycles. The summed E-state index contributed by atoms with van der Waals surface area (Å²) in [5, 5.41) is 14.9. The molecule has 8 nitrogen and oxygen atoms in total. The number of nitrogens with two attached hydrogens (primary N) is 1. The normalized spacial score (nSPS) is 16.1. The smallest absolute Gasteiger partial charge is 0.319 e. The minimum atomic E-state index is -0.199. The molecule has 0 spiro atoms. The molecule has 0 unspecified atom stereocenters. The van der Waals surface area contributed by atoms with Crippen molar-refractivity contribution in [2.75, 3.05) is 21.7 Å². The lowest BCUT2D eigenvalue weighted by molar-refractivity contribution is 0.250. The number of amides is 2. The molecule has 0 fully saturated rings. The van der Waals surface area contributed by atoms with Gasteiger partial charge in [-0.25, -0.2) is 14.8 Å². The van der Waals surface area contributed by atoms with Crippen molar-refractivity contribution in [1.29, 1.82) is 0 Å². The second kappa shape index (κ2) is 13.6. The van der Waals surface area contributed by atoms with Gasteiger partial charge in [-0.15, -0.1) is 0 Å². The molecule has 2 aliphatic carbocycles. The fourth-order valence-electron chi connectivity index (χ4n) is 6.71. The quantitative estimate of drug-likeness (QED) is 0.117. The molecule has 8 heteroatoms. The van der Waals surface area contributed by atoms with Crippen LogP contribution in [-0.2, 0) is 12.8 Å². The highest BCUT2D eigenvalue weighted by molar-refractivity contribution is 5.93. The number of pyridine rings is 2. The summed E-state index contributed by atoms with van der Waals surface area (Å²) in [5.74, 6) is 1.80. The van der Waals surface area contributed by atoms with Crippen molar-refractivity contribution in [1.82, 2.24) is 15.3 Å². The number of hydrogen-bond donors (Lipinski definition) is 5. The molecule has 6 N–H and O–H groups in total. The maximum atomic E-state index is 11.9. The molecule has 242 valence electrons. The van der Waals surface area contributed by atoms with Crippen LogP contribution in [-0.4, -0.2) is 22.0 Å². The van der Waals surface area contributed by atoms with Crippen LogP contribution in [0.15, 0.2) is 109 Å². The molecule has 2 heterocycles. The Labute approximate surface area is 281 Å². The summed E-state index contributed by atoms with van der Waals surface area (Å²) >= 11 is 0. The maximum absolute atomic E-state index is 11.9. The Hall–Kier alpha value is -5.63. The highest BCUT2D eigenvalue weighted by Gasteiger charge is 2.23. The van der Waals surface area contributed by atoms with Gasteiger partial charge in [0.1, 0.15) is 11.6 Å². The Kier molecular flexibility index (Phi) is 8.79. The van der Waals surface area contributed by atoms with Crippen LogP contribution in [0.3, 0.4) is 0 Å². The van der Waals surface area contributed by atoms with Crippen molar-refractivity contribution >= 4 is 50.8 Å². The van der Waals surface area contributed by atoms with Crippen molar-refractivity contribution in [3.63, 3.8) is 0 Å². The number of nitrogen functional groups attached to an aromatic ring is 1. The summed E-state index contributed by atoms with van der Waals surface area (Å²) in [7, 11) is 0. The van der Waals surface area contributed by atoms with Gasteiger partial charge in [0.15, 0.2) is 0 Å². The number of nitrogens with one attached hydrogen (secondary N) is 4. The lowest BCUT2D eigenvalue weighted by Crippen LogP contribution is -2.34. The van der Waals surface area contributed by atoms with Crippen LogP contribution in [0.1, 0.15) is 61.0 Å². The predicted octanol–water partition coefficient (Wildman–Crippen LogP) is 8.78. The third kappa shape index (κ3) is 7.03. The van der Waals surface area contributed by atoms with Gasteiger partial charge >= 0.3 is 6.03 Å². The molecule has 2 aromatic heterocycles. The van der Waals surface area contributed by atoms with E-state index >= 15 is 0 Å². The number of urea groups is 1. The van der Waals surface area contributed by atoms with Crippen molar-refractivity contribution in [2.45, 2.75) is 57.7 Å². The zero-order valence-electron chi connectivity index (χ0n) is 27.3. The fourth-order valence-corrected chi connectivity index (χ4v) is 6.71. The molecule has 2 atom stereocenters. The summed E-state index contributed by atoms with van der Waals surface area (Å²) < 4.78 is 0. The van der Waals surface area contributed by atoms with E-state index in [1.807, 2.05) is 68.4 Å². The lowest BCUT2D eigenvalue weighted by Gasteiger charge is -2.15. The van der Waals surface area contributed by atoms with Gasteiger partial charge in [-0.3, -0.25) is 0 Å². The predicted molar refractivity (Wildman–Crippen MR) is 197 cm³/mol. The van der Waals surface area contributed by atoms with Crippen molar-refractivity contribution in [2.24, 2.45) is 0 Å². The number of carbonyl (C=O) groups is 1. The minimum absolute atomic E-state index is 0.0986. The highest BCUT2D eigenvalue weighted by Crippen LogP contribution is 2.35. The number of rotatable bonds is 6. The van der Waals surface area contributed by atoms with E-state index in [-0.39, 0.29) is 12.1 Å². The van der Waals surface area contributed by atoms with Crippen molar-refractivity contribution in [3.8, 4) is 0 Å².